The molecule has 0 N–H and O–H groups in total. The highest BCUT2D eigenvalue weighted by Crippen LogP contribution is 2.18. The minimum Gasteiger partial charge on any atom is -0.336 e. The maximum Gasteiger partial charge on any atom is 0.257 e. The molecule has 0 radical (unpaired) electrons. The highest BCUT2D eigenvalue weighted by Gasteiger charge is 2.17. The Morgan fingerprint density at radius 2 is 2.22 bits per heavy atom. The van der Waals surface area contributed by atoms with E-state index in [0.29, 0.717) is 12.1 Å². The molecule has 0 fully saturated rings. The lowest BCUT2D eigenvalue weighted by atomic mass is 10.2. The van der Waals surface area contributed by atoms with Crippen molar-refractivity contribution in [3.8, 4) is 0 Å². The van der Waals surface area contributed by atoms with Crippen molar-refractivity contribution in [2.75, 3.05) is 7.05 Å². The fraction of sp³-hybridized carbons (Fsp3) is 0.182. The van der Waals surface area contributed by atoms with Crippen LogP contribution >= 0.6 is 34.5 Å². The van der Waals surface area contributed by atoms with Gasteiger partial charge in [0.05, 0.1) is 23.3 Å². The van der Waals surface area contributed by atoms with E-state index in [9.17, 15) is 4.79 Å². The second kappa shape index (κ2) is 5.65. The third-order valence-electron chi connectivity index (χ3n) is 2.27. The fourth-order valence-electron chi connectivity index (χ4n) is 1.41. The average molecular weight is 302 g/mol. The van der Waals surface area contributed by atoms with Gasteiger partial charge in [-0.25, -0.2) is 9.97 Å². The van der Waals surface area contributed by atoms with Gasteiger partial charge in [-0.15, -0.1) is 11.3 Å². The molecular weight excluding hydrogens is 293 g/mol. The molecule has 1 amide bonds. The number of carbonyl (C=O) groups is 1. The molecule has 0 spiro atoms. The highest BCUT2D eigenvalue weighted by molar-refractivity contribution is 7.07. The lowest BCUT2D eigenvalue weighted by Gasteiger charge is -2.16. The summed E-state index contributed by atoms with van der Waals surface area (Å²) in [6, 6.07) is 3.11. The predicted molar refractivity (Wildman–Crippen MR) is 72.2 cm³/mol. The Morgan fingerprint density at radius 1 is 1.44 bits per heavy atom. The van der Waals surface area contributed by atoms with E-state index in [4.69, 9.17) is 23.2 Å². The topological polar surface area (TPSA) is 46.1 Å². The molecule has 4 nitrogen and oxygen atoms in total. The van der Waals surface area contributed by atoms with Gasteiger partial charge < -0.3 is 4.90 Å². The molecule has 0 saturated heterocycles. The standard InChI is InChI=1S/C11H9Cl2N3OS/c1-16(4-7-5-18-6-14-7)11(17)8-2-3-9(12)15-10(8)13/h2-3,5-6H,4H2,1H3. The van der Waals surface area contributed by atoms with E-state index in [1.165, 1.54) is 22.3 Å². The van der Waals surface area contributed by atoms with Gasteiger partial charge in [0.2, 0.25) is 0 Å². The Labute approximate surface area is 118 Å². The van der Waals surface area contributed by atoms with Crippen LogP contribution < -0.4 is 0 Å². The number of hydrogen-bond donors (Lipinski definition) is 0. The maximum atomic E-state index is 12.1. The van der Waals surface area contributed by atoms with Crippen molar-refractivity contribution < 1.29 is 4.79 Å². The summed E-state index contributed by atoms with van der Waals surface area (Å²) < 4.78 is 0. The van der Waals surface area contributed by atoms with Crippen LogP contribution in [-0.4, -0.2) is 27.8 Å². The summed E-state index contributed by atoms with van der Waals surface area (Å²) in [5.41, 5.74) is 2.90. The lowest BCUT2D eigenvalue weighted by Crippen LogP contribution is -2.26. The Balaban J connectivity index is 2.15. The average Bonchev–Trinajstić information content (AvgIpc) is 2.81. The Morgan fingerprint density at radius 3 is 2.83 bits per heavy atom. The van der Waals surface area contributed by atoms with Crippen molar-refractivity contribution in [2.24, 2.45) is 0 Å². The minimum absolute atomic E-state index is 0.109. The molecule has 2 heterocycles. The molecule has 94 valence electrons. The summed E-state index contributed by atoms with van der Waals surface area (Å²) in [5, 5.41) is 2.27. The van der Waals surface area contributed by atoms with Crippen LogP contribution in [-0.2, 0) is 6.54 Å². The monoisotopic (exact) mass is 301 g/mol. The Hall–Kier alpha value is -1.17. The number of hydrogen-bond acceptors (Lipinski definition) is 4. The summed E-state index contributed by atoms with van der Waals surface area (Å²) in [5.74, 6) is -0.211. The van der Waals surface area contributed by atoms with Gasteiger partial charge in [-0.3, -0.25) is 4.79 Å². The van der Waals surface area contributed by atoms with E-state index in [-0.39, 0.29) is 16.2 Å². The number of thiazole rings is 1. The maximum absolute atomic E-state index is 12.1. The van der Waals surface area contributed by atoms with Gasteiger partial charge in [0.25, 0.3) is 5.91 Å². The Kier molecular flexibility index (Phi) is 4.16. The summed E-state index contributed by atoms with van der Waals surface area (Å²) in [7, 11) is 1.69. The van der Waals surface area contributed by atoms with Crippen molar-refractivity contribution in [1.29, 1.82) is 0 Å². The molecule has 0 aliphatic rings. The van der Waals surface area contributed by atoms with E-state index >= 15 is 0 Å². The SMILES string of the molecule is CN(Cc1cscn1)C(=O)c1ccc(Cl)nc1Cl. The van der Waals surface area contributed by atoms with E-state index in [2.05, 4.69) is 9.97 Å². The molecule has 0 aromatic carbocycles. The zero-order chi connectivity index (χ0) is 13.1. The minimum atomic E-state index is -0.211. The number of carbonyl (C=O) groups excluding carboxylic acids is 1. The van der Waals surface area contributed by atoms with Crippen molar-refractivity contribution in [2.45, 2.75) is 6.54 Å². The smallest absolute Gasteiger partial charge is 0.257 e. The number of pyridine rings is 1. The van der Waals surface area contributed by atoms with Crippen LogP contribution in [0.5, 0.6) is 0 Å². The largest absolute Gasteiger partial charge is 0.336 e. The number of halogens is 2. The zero-order valence-electron chi connectivity index (χ0n) is 9.43. The van der Waals surface area contributed by atoms with Gasteiger partial charge in [0, 0.05) is 12.4 Å². The van der Waals surface area contributed by atoms with Gasteiger partial charge in [-0.2, -0.15) is 0 Å². The molecule has 0 aliphatic heterocycles. The van der Waals surface area contributed by atoms with Crippen molar-refractivity contribution >= 4 is 40.4 Å². The molecule has 2 aromatic heterocycles. The predicted octanol–water partition coefficient (Wildman–Crippen LogP) is 3.12. The van der Waals surface area contributed by atoms with Gasteiger partial charge in [-0.05, 0) is 12.1 Å². The second-order valence-electron chi connectivity index (χ2n) is 3.61. The molecule has 0 atom stereocenters. The van der Waals surface area contributed by atoms with Crippen molar-refractivity contribution in [1.82, 2.24) is 14.9 Å². The second-order valence-corrected chi connectivity index (χ2v) is 5.08. The van der Waals surface area contributed by atoms with Crippen molar-refractivity contribution in [3.05, 3.63) is 44.6 Å². The number of amides is 1. The van der Waals surface area contributed by atoms with Crippen LogP contribution in [0, 0.1) is 0 Å². The normalized spacial score (nSPS) is 10.4. The summed E-state index contributed by atoms with van der Waals surface area (Å²) in [6.07, 6.45) is 0. The number of nitrogens with zero attached hydrogens (tertiary/aromatic N) is 3. The third-order valence-corrected chi connectivity index (χ3v) is 3.41. The van der Waals surface area contributed by atoms with Crippen LogP contribution in [0.25, 0.3) is 0 Å². The molecule has 0 unspecified atom stereocenters. The molecule has 7 heteroatoms. The van der Waals surface area contributed by atoms with Crippen molar-refractivity contribution in [3.63, 3.8) is 0 Å². The molecule has 0 saturated carbocycles. The molecule has 0 aliphatic carbocycles. The van der Waals surface area contributed by atoms with Crippen LogP contribution in [0.3, 0.4) is 0 Å². The summed E-state index contributed by atoms with van der Waals surface area (Å²) in [4.78, 5) is 21.6. The first kappa shape index (κ1) is 13.3. The van der Waals surface area contributed by atoms with Gasteiger partial charge in [0.1, 0.15) is 10.3 Å². The van der Waals surface area contributed by atoms with E-state index in [1.54, 1.807) is 18.6 Å². The van der Waals surface area contributed by atoms with E-state index in [1.807, 2.05) is 5.38 Å². The summed E-state index contributed by atoms with van der Waals surface area (Å²) >= 11 is 13.1. The zero-order valence-corrected chi connectivity index (χ0v) is 11.8. The molecular formula is C11H9Cl2N3OS. The quantitative estimate of drug-likeness (QED) is 0.818. The van der Waals surface area contributed by atoms with E-state index in [0.717, 1.165) is 5.69 Å². The first-order chi connectivity index (χ1) is 8.58. The lowest BCUT2D eigenvalue weighted by molar-refractivity contribution is 0.0783. The van der Waals surface area contributed by atoms with Crippen LogP contribution in [0.15, 0.2) is 23.0 Å². The molecule has 2 rings (SSSR count). The Bertz CT molecular complexity index is 559. The molecule has 18 heavy (non-hydrogen) atoms. The summed E-state index contributed by atoms with van der Waals surface area (Å²) in [6.45, 7) is 0.432. The number of rotatable bonds is 3. The number of aromatic nitrogens is 2. The third kappa shape index (κ3) is 2.98. The first-order valence-electron chi connectivity index (χ1n) is 5.02. The first-order valence-corrected chi connectivity index (χ1v) is 6.72. The molecule has 0 bridgehead atoms. The van der Waals surface area contributed by atoms with Gasteiger partial charge in [0.15, 0.2) is 0 Å². The van der Waals surface area contributed by atoms with Gasteiger partial charge >= 0.3 is 0 Å². The van der Waals surface area contributed by atoms with Crippen LogP contribution in [0.4, 0.5) is 0 Å². The van der Waals surface area contributed by atoms with Crippen LogP contribution in [0.2, 0.25) is 10.3 Å². The van der Waals surface area contributed by atoms with Gasteiger partial charge in [-0.1, -0.05) is 23.2 Å². The fourth-order valence-corrected chi connectivity index (χ4v) is 2.38. The van der Waals surface area contributed by atoms with Crippen LogP contribution in [0.1, 0.15) is 16.1 Å². The van der Waals surface area contributed by atoms with E-state index < -0.39 is 0 Å². The highest BCUT2D eigenvalue weighted by atomic mass is 35.5. The molecule has 2 aromatic rings.